The number of ketones is 1. The number of carbonyl (C=O) groups excluding carboxylic acids is 1. The van der Waals surface area contributed by atoms with Crippen LogP contribution in [-0.2, 0) is 9.79 Å². The molecule has 5 nitrogen and oxygen atoms in total. The fourth-order valence-corrected chi connectivity index (χ4v) is 6.17. The summed E-state index contributed by atoms with van der Waals surface area (Å²) in [6, 6.07) is 33.1. The summed E-state index contributed by atoms with van der Waals surface area (Å²) >= 11 is 14.0. The second-order valence-electron chi connectivity index (χ2n) is 8.61. The average molecular weight is 543 g/mol. The van der Waals surface area contributed by atoms with Crippen LogP contribution in [0.1, 0.15) is 23.6 Å². The SMILES string of the molecule is CC(=O)C1=NN(c2cccc(Cl)c2)[C@]2(S1)c1ccccc1C(c1ccc(Cl)cc1)=NN2c1ccccc1. The van der Waals surface area contributed by atoms with E-state index >= 15 is 0 Å². The Hall–Kier alpha value is -3.58. The maximum absolute atomic E-state index is 12.7. The lowest BCUT2D eigenvalue weighted by Crippen LogP contribution is -2.54. The summed E-state index contributed by atoms with van der Waals surface area (Å²) in [5.41, 5.74) is 5.21. The molecule has 4 aromatic carbocycles. The molecule has 0 radical (unpaired) electrons. The monoisotopic (exact) mass is 542 g/mol. The number of benzene rings is 4. The van der Waals surface area contributed by atoms with Crippen molar-refractivity contribution in [2.24, 2.45) is 10.2 Å². The minimum absolute atomic E-state index is 0.119. The molecule has 1 atom stereocenters. The van der Waals surface area contributed by atoms with Gasteiger partial charge in [0.05, 0.1) is 17.1 Å². The van der Waals surface area contributed by atoms with E-state index in [-0.39, 0.29) is 5.78 Å². The molecule has 2 aliphatic heterocycles. The molecule has 0 N–H and O–H groups in total. The quantitative estimate of drug-likeness (QED) is 0.267. The third-order valence-corrected chi connectivity index (χ3v) is 8.11. The Balaban J connectivity index is 1.66. The summed E-state index contributed by atoms with van der Waals surface area (Å²) in [6.45, 7) is 1.53. The van der Waals surface area contributed by atoms with Crippen LogP contribution in [0.25, 0.3) is 0 Å². The molecule has 1 spiro atoms. The number of carbonyl (C=O) groups is 1. The molecule has 6 rings (SSSR count). The average Bonchev–Trinajstić information content (AvgIpc) is 3.32. The van der Waals surface area contributed by atoms with Gasteiger partial charge in [-0.05, 0) is 54.2 Å². The number of thioether (sulfide) groups is 1. The van der Waals surface area contributed by atoms with Gasteiger partial charge >= 0.3 is 0 Å². The van der Waals surface area contributed by atoms with Crippen LogP contribution in [0, 0.1) is 0 Å². The lowest BCUT2D eigenvalue weighted by molar-refractivity contribution is -0.110. The predicted octanol–water partition coefficient (Wildman–Crippen LogP) is 7.53. The van der Waals surface area contributed by atoms with E-state index in [4.69, 9.17) is 33.4 Å². The van der Waals surface area contributed by atoms with Crippen molar-refractivity contribution in [1.82, 2.24) is 0 Å². The molecule has 37 heavy (non-hydrogen) atoms. The molecule has 0 bridgehead atoms. The number of rotatable bonds is 4. The number of para-hydroxylation sites is 1. The number of hydrogen-bond acceptors (Lipinski definition) is 6. The Morgan fingerprint density at radius 1 is 0.757 bits per heavy atom. The van der Waals surface area contributed by atoms with Gasteiger partial charge in [0, 0.05) is 33.7 Å². The molecule has 0 aromatic heterocycles. The fourth-order valence-electron chi connectivity index (χ4n) is 4.57. The number of hydrogen-bond donors (Lipinski definition) is 0. The molecular formula is C29H20Cl2N4OS. The van der Waals surface area contributed by atoms with E-state index in [0.29, 0.717) is 15.1 Å². The maximum atomic E-state index is 12.7. The van der Waals surface area contributed by atoms with Crippen LogP contribution in [0.3, 0.4) is 0 Å². The van der Waals surface area contributed by atoms with E-state index in [2.05, 4.69) is 12.1 Å². The van der Waals surface area contributed by atoms with Crippen molar-refractivity contribution in [3.8, 4) is 0 Å². The van der Waals surface area contributed by atoms with Crippen LogP contribution in [0.15, 0.2) is 113 Å². The highest BCUT2D eigenvalue weighted by molar-refractivity contribution is 8.17. The van der Waals surface area contributed by atoms with Crippen molar-refractivity contribution in [1.29, 1.82) is 0 Å². The van der Waals surface area contributed by atoms with Gasteiger partial charge in [-0.2, -0.15) is 10.2 Å². The molecule has 8 heteroatoms. The third kappa shape index (κ3) is 4.02. The van der Waals surface area contributed by atoms with E-state index in [1.807, 2.05) is 101 Å². The number of nitrogens with zero attached hydrogens (tertiary/aromatic N) is 4. The summed E-state index contributed by atoms with van der Waals surface area (Å²) in [5.74, 6) is -0.119. The molecule has 0 saturated carbocycles. The summed E-state index contributed by atoms with van der Waals surface area (Å²) in [6.07, 6.45) is 0. The van der Waals surface area contributed by atoms with Gasteiger partial charge in [0.2, 0.25) is 4.99 Å². The van der Waals surface area contributed by atoms with E-state index in [1.165, 1.54) is 18.7 Å². The maximum Gasteiger partial charge on any atom is 0.234 e. The number of anilines is 2. The highest BCUT2D eigenvalue weighted by atomic mass is 35.5. The molecule has 4 aromatic rings. The first-order valence-corrected chi connectivity index (χ1v) is 13.2. The van der Waals surface area contributed by atoms with Crippen molar-refractivity contribution in [3.63, 3.8) is 0 Å². The van der Waals surface area contributed by atoms with Gasteiger partial charge in [0.1, 0.15) is 0 Å². The number of Topliss-reactive ketones (excluding diaryl/α,β-unsaturated/α-hetero) is 1. The molecule has 182 valence electrons. The molecule has 0 unspecified atom stereocenters. The third-order valence-electron chi connectivity index (χ3n) is 6.21. The first kappa shape index (κ1) is 23.8. The van der Waals surface area contributed by atoms with Crippen molar-refractivity contribution in [3.05, 3.63) is 130 Å². The van der Waals surface area contributed by atoms with E-state index in [0.717, 1.165) is 33.8 Å². The Bertz CT molecular complexity index is 1570. The van der Waals surface area contributed by atoms with Gasteiger partial charge in [-0.3, -0.25) is 4.79 Å². The topological polar surface area (TPSA) is 48.3 Å². The molecule has 2 aliphatic rings. The normalized spacial score (nSPS) is 18.5. The molecule has 0 aliphatic carbocycles. The van der Waals surface area contributed by atoms with Gasteiger partial charge in [0.15, 0.2) is 10.8 Å². The second-order valence-corrected chi connectivity index (χ2v) is 10.6. The summed E-state index contributed by atoms with van der Waals surface area (Å²) < 4.78 is 0. The second kappa shape index (κ2) is 9.38. The number of halogens is 2. The van der Waals surface area contributed by atoms with Gasteiger partial charge in [-0.25, -0.2) is 10.0 Å². The summed E-state index contributed by atoms with van der Waals surface area (Å²) in [5, 5.41) is 15.5. The van der Waals surface area contributed by atoms with Crippen LogP contribution in [0.5, 0.6) is 0 Å². The Morgan fingerprint density at radius 3 is 2.16 bits per heavy atom. The zero-order valence-corrected chi connectivity index (χ0v) is 22.0. The highest BCUT2D eigenvalue weighted by Crippen LogP contribution is 2.55. The van der Waals surface area contributed by atoms with Gasteiger partial charge in [0.25, 0.3) is 0 Å². The van der Waals surface area contributed by atoms with Crippen LogP contribution >= 0.6 is 35.0 Å². The van der Waals surface area contributed by atoms with Crippen molar-refractivity contribution < 1.29 is 4.79 Å². The standard InChI is InChI=1S/C29H20Cl2N4OS/c1-19(36)28-33-35(24-11-7-8-22(31)18-24)29(37-28)26-13-6-5-12-25(26)27(20-14-16-21(30)17-15-20)32-34(29)23-9-3-2-4-10-23/h2-18H,1H3/t29-/m0/s1. The van der Waals surface area contributed by atoms with Crippen molar-refractivity contribution in [2.75, 3.05) is 10.0 Å². The smallest absolute Gasteiger partial charge is 0.234 e. The van der Waals surface area contributed by atoms with E-state index in [1.54, 1.807) is 0 Å². The number of hydrazone groups is 2. The Kier molecular flexibility index (Phi) is 6.03. The van der Waals surface area contributed by atoms with Gasteiger partial charge < -0.3 is 0 Å². The van der Waals surface area contributed by atoms with Crippen molar-refractivity contribution >= 4 is 62.9 Å². The zero-order valence-electron chi connectivity index (χ0n) is 19.7. The molecule has 0 amide bonds. The van der Waals surface area contributed by atoms with E-state index < -0.39 is 4.99 Å². The predicted molar refractivity (Wildman–Crippen MR) is 154 cm³/mol. The Morgan fingerprint density at radius 2 is 1.43 bits per heavy atom. The van der Waals surface area contributed by atoms with E-state index in [9.17, 15) is 4.79 Å². The highest BCUT2D eigenvalue weighted by Gasteiger charge is 2.55. The molecule has 0 fully saturated rings. The lowest BCUT2D eigenvalue weighted by Gasteiger charge is -2.47. The van der Waals surface area contributed by atoms with Gasteiger partial charge in [-0.15, -0.1) is 0 Å². The minimum atomic E-state index is -1.01. The largest absolute Gasteiger partial charge is 0.292 e. The fraction of sp³-hybridized carbons (Fsp3) is 0.0690. The van der Waals surface area contributed by atoms with Crippen LogP contribution in [0.4, 0.5) is 11.4 Å². The summed E-state index contributed by atoms with van der Waals surface area (Å²) in [4.78, 5) is 11.7. The first-order valence-electron chi connectivity index (χ1n) is 11.6. The number of fused-ring (bicyclic) bond motifs is 2. The molecular weight excluding hydrogens is 523 g/mol. The van der Waals surface area contributed by atoms with Gasteiger partial charge in [-0.1, -0.05) is 83.9 Å². The van der Waals surface area contributed by atoms with Crippen molar-refractivity contribution in [2.45, 2.75) is 11.9 Å². The zero-order chi connectivity index (χ0) is 25.6. The summed E-state index contributed by atoms with van der Waals surface area (Å²) in [7, 11) is 0. The molecule has 0 saturated heterocycles. The molecule has 2 heterocycles. The lowest BCUT2D eigenvalue weighted by atomic mass is 9.93. The van der Waals surface area contributed by atoms with Crippen LogP contribution in [0.2, 0.25) is 10.0 Å². The first-order chi connectivity index (χ1) is 18.0. The minimum Gasteiger partial charge on any atom is -0.292 e. The van der Waals surface area contributed by atoms with Crippen LogP contribution < -0.4 is 10.0 Å². The Labute approximate surface area is 229 Å². The van der Waals surface area contributed by atoms with Crippen LogP contribution in [-0.4, -0.2) is 16.5 Å².